The first kappa shape index (κ1) is 22.7. The minimum Gasteiger partial charge on any atom is -0.508 e. The van der Waals surface area contributed by atoms with Crippen molar-refractivity contribution in [3.05, 3.63) is 64.3 Å². The van der Waals surface area contributed by atoms with Gasteiger partial charge in [-0.25, -0.2) is 4.79 Å². The van der Waals surface area contributed by atoms with Crippen molar-refractivity contribution in [3.63, 3.8) is 0 Å². The lowest BCUT2D eigenvalue weighted by Gasteiger charge is -2.42. The summed E-state index contributed by atoms with van der Waals surface area (Å²) in [6.45, 7) is 3.76. The molecular formula is C25H27ClN4O4. The standard InChI is InChI=1S/C25H27ClN4O4/c1-25-14-19-18-13-16(26)6-7-20(18)28-21(19)22(15-4-3-5-17(31)12-15)30(25)24(33)29(23(25)32)10-8-27-9-11-34-2/h3-7,12-13,22,27-28,31H,8-11,14H2,1-2H3/t22-,25+/m1/s1. The molecule has 0 aliphatic carbocycles. The number of aromatic amines is 1. The summed E-state index contributed by atoms with van der Waals surface area (Å²) < 4.78 is 5.04. The number of urea groups is 1. The monoisotopic (exact) mass is 482 g/mol. The van der Waals surface area contributed by atoms with E-state index < -0.39 is 11.6 Å². The Labute approximate surface area is 202 Å². The highest BCUT2D eigenvalue weighted by atomic mass is 35.5. The summed E-state index contributed by atoms with van der Waals surface area (Å²) in [5, 5.41) is 14.9. The lowest BCUT2D eigenvalue weighted by molar-refractivity contribution is -0.133. The van der Waals surface area contributed by atoms with Crippen LogP contribution < -0.4 is 5.32 Å². The summed E-state index contributed by atoms with van der Waals surface area (Å²) >= 11 is 6.30. The van der Waals surface area contributed by atoms with Gasteiger partial charge in [-0.05, 0) is 48.4 Å². The lowest BCUT2D eigenvalue weighted by atomic mass is 9.81. The summed E-state index contributed by atoms with van der Waals surface area (Å²) in [6.07, 6.45) is 0.371. The number of phenolic OH excluding ortho intramolecular Hbond substituents is 1. The second-order valence-electron chi connectivity index (χ2n) is 9.01. The number of H-pyrrole nitrogens is 1. The van der Waals surface area contributed by atoms with E-state index in [2.05, 4.69) is 10.3 Å². The number of imide groups is 1. The summed E-state index contributed by atoms with van der Waals surface area (Å²) in [6, 6.07) is 11.6. The van der Waals surface area contributed by atoms with E-state index in [4.69, 9.17) is 16.3 Å². The molecule has 0 saturated carbocycles. The Morgan fingerprint density at radius 2 is 2.06 bits per heavy atom. The zero-order valence-corrected chi connectivity index (χ0v) is 19.9. The molecule has 0 bridgehead atoms. The highest BCUT2D eigenvalue weighted by Gasteiger charge is 2.60. The van der Waals surface area contributed by atoms with Crippen LogP contribution in [0.1, 0.15) is 29.8 Å². The van der Waals surface area contributed by atoms with Gasteiger partial charge in [-0.2, -0.15) is 0 Å². The Morgan fingerprint density at radius 3 is 2.82 bits per heavy atom. The van der Waals surface area contributed by atoms with E-state index in [1.54, 1.807) is 30.2 Å². The van der Waals surface area contributed by atoms with Gasteiger partial charge in [0.25, 0.3) is 5.91 Å². The Morgan fingerprint density at radius 1 is 1.24 bits per heavy atom. The molecule has 1 fully saturated rings. The highest BCUT2D eigenvalue weighted by molar-refractivity contribution is 6.31. The van der Waals surface area contributed by atoms with E-state index in [0.717, 1.165) is 27.7 Å². The van der Waals surface area contributed by atoms with Crippen LogP contribution in [0.2, 0.25) is 5.02 Å². The molecule has 2 aromatic carbocycles. The number of ether oxygens (including phenoxy) is 1. The molecule has 0 radical (unpaired) electrons. The second kappa shape index (κ2) is 8.61. The topological polar surface area (TPSA) is 97.9 Å². The highest BCUT2D eigenvalue weighted by Crippen LogP contribution is 2.49. The van der Waals surface area contributed by atoms with Crippen molar-refractivity contribution in [1.82, 2.24) is 20.1 Å². The fourth-order valence-corrected chi connectivity index (χ4v) is 5.39. The number of phenols is 1. The van der Waals surface area contributed by atoms with Gasteiger partial charge in [0, 0.05) is 54.8 Å². The zero-order valence-electron chi connectivity index (χ0n) is 19.1. The first-order valence-electron chi connectivity index (χ1n) is 11.3. The van der Waals surface area contributed by atoms with E-state index in [-0.39, 0.29) is 24.2 Å². The van der Waals surface area contributed by atoms with Crippen molar-refractivity contribution < 1.29 is 19.4 Å². The maximum atomic E-state index is 13.7. The van der Waals surface area contributed by atoms with E-state index >= 15 is 0 Å². The van der Waals surface area contributed by atoms with Crippen molar-refractivity contribution in [1.29, 1.82) is 0 Å². The molecule has 8 nitrogen and oxygen atoms in total. The molecule has 3 heterocycles. The molecule has 0 unspecified atom stereocenters. The number of rotatable bonds is 7. The largest absolute Gasteiger partial charge is 0.508 e. The van der Waals surface area contributed by atoms with E-state index in [1.165, 1.54) is 4.90 Å². The number of hydrogen-bond donors (Lipinski definition) is 3. The van der Waals surface area contributed by atoms with Gasteiger partial charge in [-0.15, -0.1) is 0 Å². The quantitative estimate of drug-likeness (QED) is 0.354. The maximum absolute atomic E-state index is 13.7. The van der Waals surface area contributed by atoms with Gasteiger partial charge in [0.2, 0.25) is 0 Å². The molecule has 34 heavy (non-hydrogen) atoms. The van der Waals surface area contributed by atoms with Crippen molar-refractivity contribution in [2.45, 2.75) is 24.9 Å². The third-order valence-electron chi connectivity index (χ3n) is 6.81. The average Bonchev–Trinajstić information content (AvgIpc) is 3.24. The predicted octanol–water partition coefficient (Wildman–Crippen LogP) is 3.43. The van der Waals surface area contributed by atoms with Gasteiger partial charge in [0.05, 0.1) is 6.61 Å². The van der Waals surface area contributed by atoms with Crippen LogP contribution in [0.15, 0.2) is 42.5 Å². The molecular weight excluding hydrogens is 456 g/mol. The minimum absolute atomic E-state index is 0.0997. The van der Waals surface area contributed by atoms with Crippen molar-refractivity contribution in [2.75, 3.05) is 33.4 Å². The first-order chi connectivity index (χ1) is 16.3. The Kier molecular flexibility index (Phi) is 5.75. The van der Waals surface area contributed by atoms with Gasteiger partial charge >= 0.3 is 6.03 Å². The number of nitrogens with zero attached hydrogens (tertiary/aromatic N) is 2. The van der Waals surface area contributed by atoms with Gasteiger partial charge < -0.3 is 20.1 Å². The van der Waals surface area contributed by atoms with Crippen molar-refractivity contribution in [3.8, 4) is 5.75 Å². The molecule has 1 aromatic heterocycles. The number of aromatic nitrogens is 1. The van der Waals surface area contributed by atoms with Crippen LogP contribution in [0, 0.1) is 0 Å². The zero-order chi connectivity index (χ0) is 24.0. The summed E-state index contributed by atoms with van der Waals surface area (Å²) in [5.74, 6) is -0.124. The SMILES string of the molecule is COCCNCCN1C(=O)N2[C@H](c3cccc(O)c3)c3[nH]c4ccc(Cl)cc4c3C[C@@]2(C)C1=O. The van der Waals surface area contributed by atoms with Crippen LogP contribution in [0.5, 0.6) is 5.75 Å². The first-order valence-corrected chi connectivity index (χ1v) is 11.7. The van der Waals surface area contributed by atoms with Gasteiger partial charge in [0.15, 0.2) is 0 Å². The third kappa shape index (κ3) is 3.53. The normalized spacial score (nSPS) is 21.9. The summed E-state index contributed by atoms with van der Waals surface area (Å²) in [5.41, 5.74) is 2.35. The van der Waals surface area contributed by atoms with E-state index in [0.29, 0.717) is 31.1 Å². The summed E-state index contributed by atoms with van der Waals surface area (Å²) in [4.78, 5) is 33.9. The number of methoxy groups -OCH3 is 1. The molecule has 1 saturated heterocycles. The van der Waals surface area contributed by atoms with Crippen LogP contribution in [0.4, 0.5) is 4.79 Å². The third-order valence-corrected chi connectivity index (χ3v) is 7.04. The molecule has 5 rings (SSSR count). The predicted molar refractivity (Wildman–Crippen MR) is 129 cm³/mol. The van der Waals surface area contributed by atoms with Crippen LogP contribution >= 0.6 is 11.6 Å². The fraction of sp³-hybridized carbons (Fsp3) is 0.360. The number of nitrogens with one attached hydrogen (secondary N) is 2. The van der Waals surface area contributed by atoms with Gasteiger partial charge in [-0.1, -0.05) is 23.7 Å². The molecule has 9 heteroatoms. The Balaban J connectivity index is 1.60. The molecule has 2 aliphatic rings. The van der Waals surface area contributed by atoms with Gasteiger partial charge in [0.1, 0.15) is 17.3 Å². The smallest absolute Gasteiger partial charge is 0.328 e. The number of carbonyl (C=O) groups is 2. The molecule has 2 aliphatic heterocycles. The van der Waals surface area contributed by atoms with Crippen molar-refractivity contribution >= 4 is 34.4 Å². The van der Waals surface area contributed by atoms with Gasteiger partial charge in [-0.3, -0.25) is 14.6 Å². The summed E-state index contributed by atoms with van der Waals surface area (Å²) in [7, 11) is 1.63. The van der Waals surface area contributed by atoms with Crippen LogP contribution in [0.25, 0.3) is 10.9 Å². The number of aromatic hydroxyl groups is 1. The van der Waals surface area contributed by atoms with Crippen LogP contribution in [-0.4, -0.2) is 70.7 Å². The number of fused-ring (bicyclic) bond motifs is 4. The van der Waals surface area contributed by atoms with Crippen LogP contribution in [0.3, 0.4) is 0 Å². The van der Waals surface area contributed by atoms with Crippen LogP contribution in [-0.2, 0) is 16.0 Å². The number of benzene rings is 2. The van der Waals surface area contributed by atoms with E-state index in [1.807, 2.05) is 31.2 Å². The number of carbonyl (C=O) groups excluding carboxylic acids is 2. The lowest BCUT2D eigenvalue weighted by Crippen LogP contribution is -2.53. The van der Waals surface area contributed by atoms with Crippen molar-refractivity contribution in [2.24, 2.45) is 0 Å². The Hall–Kier alpha value is -3.07. The fourth-order valence-electron chi connectivity index (χ4n) is 5.21. The molecule has 2 atom stereocenters. The molecule has 3 N–H and O–H groups in total. The molecule has 3 aromatic rings. The molecule has 178 valence electrons. The molecule has 3 amide bonds. The molecule has 0 spiro atoms. The Bertz CT molecular complexity index is 1280. The second-order valence-corrected chi connectivity index (χ2v) is 9.44. The number of hydrogen-bond acceptors (Lipinski definition) is 5. The maximum Gasteiger partial charge on any atom is 0.328 e. The number of halogens is 1. The average molecular weight is 483 g/mol. The number of amides is 3. The minimum atomic E-state index is -1.07. The van der Waals surface area contributed by atoms with E-state index in [9.17, 15) is 14.7 Å².